The number of hydrogen-bond acceptors (Lipinski definition) is 4. The van der Waals surface area contributed by atoms with Gasteiger partial charge < -0.3 is 4.90 Å². The minimum absolute atomic E-state index is 0.0572. The summed E-state index contributed by atoms with van der Waals surface area (Å²) in [6, 6.07) is 0. The summed E-state index contributed by atoms with van der Waals surface area (Å²) in [7, 11) is 6.25. The third-order valence-electron chi connectivity index (χ3n) is 2.20. The van der Waals surface area contributed by atoms with E-state index < -0.39 is 11.2 Å². The molecule has 0 saturated heterocycles. The highest BCUT2D eigenvalue weighted by Gasteiger charge is 2.13. The van der Waals surface area contributed by atoms with Gasteiger partial charge >= 0.3 is 5.69 Å². The molecule has 0 aliphatic heterocycles. The molecule has 0 aromatic carbocycles. The number of carbonyl (C=O) groups is 1. The van der Waals surface area contributed by atoms with E-state index in [4.69, 9.17) is 0 Å². The van der Waals surface area contributed by atoms with E-state index in [1.807, 2.05) is 0 Å². The van der Waals surface area contributed by atoms with Gasteiger partial charge in [-0.1, -0.05) is 0 Å². The van der Waals surface area contributed by atoms with Crippen LogP contribution in [0.3, 0.4) is 0 Å². The largest absolute Gasteiger partial charge is 0.369 e. The lowest BCUT2D eigenvalue weighted by molar-refractivity contribution is 0.112. The summed E-state index contributed by atoms with van der Waals surface area (Å²) >= 11 is 0. The lowest BCUT2D eigenvalue weighted by Gasteiger charge is -2.09. The molecule has 0 aliphatic rings. The monoisotopic (exact) mass is 238 g/mol. The molecule has 92 valence electrons. The van der Waals surface area contributed by atoms with Crippen LogP contribution in [0.5, 0.6) is 0 Å². The molecule has 0 spiro atoms. The summed E-state index contributed by atoms with van der Waals surface area (Å²) < 4.78 is 2.03. The van der Waals surface area contributed by atoms with Gasteiger partial charge in [0.15, 0.2) is 12.1 Å². The van der Waals surface area contributed by atoms with E-state index in [-0.39, 0.29) is 11.4 Å². The van der Waals surface area contributed by atoms with Gasteiger partial charge in [0.25, 0.3) is 5.56 Å². The van der Waals surface area contributed by atoms with Crippen LogP contribution in [0.2, 0.25) is 0 Å². The summed E-state index contributed by atoms with van der Waals surface area (Å²) in [5.41, 5.74) is -1.30. The zero-order valence-electron chi connectivity index (χ0n) is 10.2. The van der Waals surface area contributed by atoms with Crippen LogP contribution in [0, 0.1) is 0 Å². The van der Waals surface area contributed by atoms with Crippen molar-refractivity contribution in [2.24, 2.45) is 19.1 Å². The number of carbonyl (C=O) groups excluding carboxylic acids is 1. The molecule has 0 radical (unpaired) electrons. The van der Waals surface area contributed by atoms with Crippen molar-refractivity contribution in [2.75, 3.05) is 14.1 Å². The highest BCUT2D eigenvalue weighted by Crippen LogP contribution is 2.09. The van der Waals surface area contributed by atoms with Crippen LogP contribution in [-0.2, 0) is 14.1 Å². The van der Waals surface area contributed by atoms with Gasteiger partial charge in [0.1, 0.15) is 5.56 Å². The van der Waals surface area contributed by atoms with Crippen LogP contribution in [0.1, 0.15) is 10.4 Å². The van der Waals surface area contributed by atoms with Crippen LogP contribution < -0.4 is 11.2 Å². The predicted octanol–water partition coefficient (Wildman–Crippen LogP) is -0.882. The van der Waals surface area contributed by atoms with Crippen molar-refractivity contribution in [1.29, 1.82) is 0 Å². The Kier molecular flexibility index (Phi) is 3.62. The van der Waals surface area contributed by atoms with Crippen molar-refractivity contribution in [2.45, 2.75) is 0 Å². The maximum Gasteiger partial charge on any atom is 0.332 e. The summed E-state index contributed by atoms with van der Waals surface area (Å²) in [5, 5.41) is 0. The molecule has 17 heavy (non-hydrogen) atoms. The van der Waals surface area contributed by atoms with Crippen LogP contribution in [0.15, 0.2) is 14.6 Å². The molecule has 0 N–H and O–H groups in total. The minimum atomic E-state index is -0.644. The summed E-state index contributed by atoms with van der Waals surface area (Å²) in [6.07, 6.45) is 1.82. The van der Waals surface area contributed by atoms with Crippen molar-refractivity contribution >= 4 is 18.4 Å². The Labute approximate surface area is 97.6 Å². The van der Waals surface area contributed by atoms with E-state index in [1.54, 1.807) is 19.0 Å². The molecule has 0 unspecified atom stereocenters. The fourth-order valence-corrected chi connectivity index (χ4v) is 1.29. The Morgan fingerprint density at radius 3 is 2.24 bits per heavy atom. The maximum atomic E-state index is 11.7. The van der Waals surface area contributed by atoms with Gasteiger partial charge in [0, 0.05) is 28.2 Å². The molecule has 1 heterocycles. The first-order chi connectivity index (χ1) is 7.90. The third-order valence-corrected chi connectivity index (χ3v) is 2.20. The van der Waals surface area contributed by atoms with E-state index in [1.165, 1.54) is 20.4 Å². The average Bonchev–Trinajstić information content (AvgIpc) is 2.29. The van der Waals surface area contributed by atoms with Crippen molar-refractivity contribution in [3.63, 3.8) is 0 Å². The minimum Gasteiger partial charge on any atom is -0.369 e. The first-order valence-electron chi connectivity index (χ1n) is 4.86. The normalized spacial score (nSPS) is 10.8. The second-order valence-electron chi connectivity index (χ2n) is 3.77. The molecular formula is C10H14N4O3. The smallest absolute Gasteiger partial charge is 0.332 e. The van der Waals surface area contributed by atoms with Gasteiger partial charge in [0.05, 0.1) is 6.34 Å². The molecule has 0 saturated carbocycles. The number of aromatic nitrogens is 2. The molecule has 7 heteroatoms. The van der Waals surface area contributed by atoms with Gasteiger partial charge in [-0.2, -0.15) is 0 Å². The fourth-order valence-electron chi connectivity index (χ4n) is 1.29. The summed E-state index contributed by atoms with van der Waals surface area (Å²) in [5.74, 6) is 0.0572. The number of aldehydes is 1. The first kappa shape index (κ1) is 12.9. The van der Waals surface area contributed by atoms with Crippen LogP contribution in [-0.4, -0.2) is 40.8 Å². The topological polar surface area (TPSA) is 76.7 Å². The Morgan fingerprint density at radius 1 is 1.18 bits per heavy atom. The highest BCUT2D eigenvalue weighted by atomic mass is 16.2. The SMILES string of the molecule is CN(C)C=Nc1c(C=O)c(=O)n(C)c(=O)n1C. The van der Waals surface area contributed by atoms with Gasteiger partial charge in [-0.05, 0) is 0 Å². The van der Waals surface area contributed by atoms with E-state index >= 15 is 0 Å². The van der Waals surface area contributed by atoms with Crippen molar-refractivity contribution < 1.29 is 4.79 Å². The molecule has 7 nitrogen and oxygen atoms in total. The highest BCUT2D eigenvalue weighted by molar-refractivity contribution is 5.82. The first-order valence-corrected chi connectivity index (χ1v) is 4.86. The zero-order chi connectivity index (χ0) is 13.2. The molecule has 1 aromatic heterocycles. The van der Waals surface area contributed by atoms with E-state index in [9.17, 15) is 14.4 Å². The quantitative estimate of drug-likeness (QED) is 0.389. The van der Waals surface area contributed by atoms with Crippen molar-refractivity contribution in [3.8, 4) is 0 Å². The Hall–Kier alpha value is -2.18. The Morgan fingerprint density at radius 2 is 1.76 bits per heavy atom. The Balaban J connectivity index is 3.65. The molecule has 0 bridgehead atoms. The third kappa shape index (κ3) is 2.32. The molecule has 0 fully saturated rings. The van der Waals surface area contributed by atoms with Crippen LogP contribution in [0.25, 0.3) is 0 Å². The van der Waals surface area contributed by atoms with Gasteiger partial charge in [-0.15, -0.1) is 0 Å². The lowest BCUT2D eigenvalue weighted by atomic mass is 10.3. The fraction of sp³-hybridized carbons (Fsp3) is 0.400. The van der Waals surface area contributed by atoms with E-state index in [2.05, 4.69) is 4.99 Å². The average molecular weight is 238 g/mol. The van der Waals surface area contributed by atoms with Gasteiger partial charge in [-0.3, -0.25) is 18.7 Å². The number of nitrogens with zero attached hydrogens (tertiary/aromatic N) is 4. The lowest BCUT2D eigenvalue weighted by Crippen LogP contribution is -2.38. The number of hydrogen-bond donors (Lipinski definition) is 0. The predicted molar refractivity (Wildman–Crippen MR) is 64.2 cm³/mol. The zero-order valence-corrected chi connectivity index (χ0v) is 10.2. The molecular weight excluding hydrogens is 224 g/mol. The van der Waals surface area contributed by atoms with Gasteiger partial charge in [0.2, 0.25) is 0 Å². The molecule has 0 aliphatic carbocycles. The van der Waals surface area contributed by atoms with E-state index in [0.717, 1.165) is 9.13 Å². The molecule has 0 amide bonds. The molecule has 1 aromatic rings. The second kappa shape index (κ2) is 4.77. The molecule has 0 atom stereocenters. The van der Waals surface area contributed by atoms with Crippen LogP contribution >= 0.6 is 0 Å². The van der Waals surface area contributed by atoms with E-state index in [0.29, 0.717) is 6.29 Å². The number of aliphatic imine (C=N–C) groups is 1. The standard InChI is InChI=1S/C10H14N4O3/c1-12(2)6-11-8-7(5-15)9(16)14(4)10(17)13(8)3/h5-6H,1-4H3. The molecule has 1 rings (SSSR count). The summed E-state index contributed by atoms with van der Waals surface area (Å²) in [6.45, 7) is 0. The van der Waals surface area contributed by atoms with Crippen LogP contribution in [0.4, 0.5) is 5.82 Å². The van der Waals surface area contributed by atoms with Crippen molar-refractivity contribution in [3.05, 3.63) is 26.4 Å². The van der Waals surface area contributed by atoms with Crippen molar-refractivity contribution in [1.82, 2.24) is 14.0 Å². The number of rotatable bonds is 3. The maximum absolute atomic E-state index is 11.7. The van der Waals surface area contributed by atoms with Gasteiger partial charge in [-0.25, -0.2) is 9.79 Å². The Bertz CT molecular complexity index is 580. The summed E-state index contributed by atoms with van der Waals surface area (Å²) in [4.78, 5) is 39.8. The second-order valence-corrected chi connectivity index (χ2v) is 3.77.